The standard InChI is InChI=1S/C12H22O4/c1-7(2)15-12-10(13-5)8(3)16-9(4)11(12)14-6/h7,9-12H,3H2,1-2,4-6H3/t9-,10-,11?,12+/m0/s1. The van der Waals surface area contributed by atoms with E-state index in [9.17, 15) is 0 Å². The van der Waals surface area contributed by atoms with E-state index >= 15 is 0 Å². The molecule has 1 unspecified atom stereocenters. The van der Waals surface area contributed by atoms with Gasteiger partial charge in [0.2, 0.25) is 0 Å². The Morgan fingerprint density at radius 3 is 2.25 bits per heavy atom. The van der Waals surface area contributed by atoms with Crippen LogP contribution in [0.4, 0.5) is 0 Å². The van der Waals surface area contributed by atoms with Crippen molar-refractivity contribution < 1.29 is 18.9 Å². The first-order chi connectivity index (χ1) is 7.51. The van der Waals surface area contributed by atoms with Gasteiger partial charge in [0.15, 0.2) is 0 Å². The number of hydrogen-bond acceptors (Lipinski definition) is 4. The second-order valence-electron chi connectivity index (χ2n) is 4.30. The number of hydrogen-bond donors (Lipinski definition) is 0. The summed E-state index contributed by atoms with van der Waals surface area (Å²) in [5.74, 6) is 0.606. The van der Waals surface area contributed by atoms with Crippen LogP contribution in [0, 0.1) is 0 Å². The maximum absolute atomic E-state index is 5.85. The fourth-order valence-electron chi connectivity index (χ4n) is 2.05. The molecule has 0 spiro atoms. The molecule has 0 aromatic rings. The molecule has 4 nitrogen and oxygen atoms in total. The summed E-state index contributed by atoms with van der Waals surface area (Å²) in [7, 11) is 3.28. The molecule has 0 aromatic heterocycles. The van der Waals surface area contributed by atoms with Gasteiger partial charge in [-0.2, -0.15) is 0 Å². The van der Waals surface area contributed by atoms with Crippen molar-refractivity contribution in [2.24, 2.45) is 0 Å². The Hall–Kier alpha value is -0.580. The average molecular weight is 230 g/mol. The fraction of sp³-hybridized carbons (Fsp3) is 0.833. The van der Waals surface area contributed by atoms with Crippen LogP contribution in [0.1, 0.15) is 20.8 Å². The molecule has 1 aliphatic rings. The van der Waals surface area contributed by atoms with Gasteiger partial charge >= 0.3 is 0 Å². The van der Waals surface area contributed by atoms with Gasteiger partial charge in [0.25, 0.3) is 0 Å². The van der Waals surface area contributed by atoms with E-state index in [1.165, 1.54) is 0 Å². The molecule has 0 aliphatic carbocycles. The predicted octanol–water partition coefficient (Wildman–Crippen LogP) is 1.74. The minimum atomic E-state index is -0.274. The number of methoxy groups -OCH3 is 2. The highest BCUT2D eigenvalue weighted by atomic mass is 16.6. The molecule has 94 valence electrons. The zero-order valence-electron chi connectivity index (χ0n) is 10.7. The third-order valence-corrected chi connectivity index (χ3v) is 2.69. The highest BCUT2D eigenvalue weighted by molar-refractivity contribution is 5.06. The molecule has 4 atom stereocenters. The zero-order valence-corrected chi connectivity index (χ0v) is 10.7. The van der Waals surface area contributed by atoms with Gasteiger partial charge in [0, 0.05) is 14.2 Å². The number of rotatable bonds is 4. The Balaban J connectivity index is 2.85. The van der Waals surface area contributed by atoms with Crippen molar-refractivity contribution in [1.29, 1.82) is 0 Å². The first-order valence-electron chi connectivity index (χ1n) is 5.57. The Morgan fingerprint density at radius 2 is 1.81 bits per heavy atom. The second kappa shape index (κ2) is 5.66. The van der Waals surface area contributed by atoms with Crippen LogP contribution in [0.3, 0.4) is 0 Å². The lowest BCUT2D eigenvalue weighted by atomic mass is 9.98. The van der Waals surface area contributed by atoms with E-state index < -0.39 is 0 Å². The molecule has 1 saturated heterocycles. The summed E-state index contributed by atoms with van der Waals surface area (Å²) in [4.78, 5) is 0. The Morgan fingerprint density at radius 1 is 1.19 bits per heavy atom. The van der Waals surface area contributed by atoms with Gasteiger partial charge in [0.1, 0.15) is 30.2 Å². The van der Waals surface area contributed by atoms with E-state index in [0.717, 1.165) is 0 Å². The van der Waals surface area contributed by atoms with E-state index in [1.54, 1.807) is 14.2 Å². The average Bonchev–Trinajstić information content (AvgIpc) is 2.17. The minimum absolute atomic E-state index is 0.0763. The van der Waals surface area contributed by atoms with Gasteiger partial charge in [-0.25, -0.2) is 0 Å². The van der Waals surface area contributed by atoms with Crippen LogP contribution in [-0.4, -0.2) is 44.7 Å². The van der Waals surface area contributed by atoms with Crippen molar-refractivity contribution >= 4 is 0 Å². The largest absolute Gasteiger partial charge is 0.490 e. The zero-order chi connectivity index (χ0) is 12.3. The quantitative estimate of drug-likeness (QED) is 0.737. The Kier molecular flexibility index (Phi) is 4.77. The van der Waals surface area contributed by atoms with Crippen molar-refractivity contribution in [2.75, 3.05) is 14.2 Å². The fourth-order valence-corrected chi connectivity index (χ4v) is 2.05. The Bertz CT molecular complexity index is 239. The van der Waals surface area contributed by atoms with Crippen molar-refractivity contribution in [3.05, 3.63) is 12.3 Å². The smallest absolute Gasteiger partial charge is 0.142 e. The van der Waals surface area contributed by atoms with Crippen molar-refractivity contribution in [2.45, 2.75) is 51.3 Å². The van der Waals surface area contributed by atoms with Crippen LogP contribution in [0.15, 0.2) is 12.3 Å². The van der Waals surface area contributed by atoms with E-state index in [0.29, 0.717) is 5.76 Å². The molecule has 0 aromatic carbocycles. The van der Waals surface area contributed by atoms with Gasteiger partial charge in [-0.3, -0.25) is 0 Å². The van der Waals surface area contributed by atoms with Gasteiger partial charge in [-0.05, 0) is 20.8 Å². The number of ether oxygens (including phenoxy) is 4. The first-order valence-corrected chi connectivity index (χ1v) is 5.57. The molecule has 1 heterocycles. The summed E-state index contributed by atoms with van der Waals surface area (Å²) in [5.41, 5.74) is 0. The molecule has 1 aliphatic heterocycles. The molecule has 16 heavy (non-hydrogen) atoms. The molecular weight excluding hydrogens is 208 g/mol. The maximum Gasteiger partial charge on any atom is 0.142 e. The second-order valence-corrected chi connectivity index (χ2v) is 4.30. The monoisotopic (exact) mass is 230 g/mol. The molecule has 0 bridgehead atoms. The summed E-state index contributed by atoms with van der Waals surface area (Å²) < 4.78 is 22.2. The molecule has 0 N–H and O–H groups in total. The lowest BCUT2D eigenvalue weighted by Gasteiger charge is -2.41. The van der Waals surface area contributed by atoms with Gasteiger partial charge in [0.05, 0.1) is 6.10 Å². The van der Waals surface area contributed by atoms with Crippen LogP contribution in [0.25, 0.3) is 0 Å². The van der Waals surface area contributed by atoms with Crippen LogP contribution in [-0.2, 0) is 18.9 Å². The lowest BCUT2D eigenvalue weighted by molar-refractivity contribution is -0.198. The third kappa shape index (κ3) is 2.75. The van der Waals surface area contributed by atoms with Gasteiger partial charge in [-0.15, -0.1) is 0 Å². The van der Waals surface area contributed by atoms with Gasteiger partial charge in [-0.1, -0.05) is 6.58 Å². The van der Waals surface area contributed by atoms with Crippen molar-refractivity contribution in [1.82, 2.24) is 0 Å². The molecule has 4 heteroatoms. The van der Waals surface area contributed by atoms with Crippen LogP contribution >= 0.6 is 0 Å². The van der Waals surface area contributed by atoms with E-state index in [2.05, 4.69) is 6.58 Å². The van der Waals surface area contributed by atoms with Gasteiger partial charge < -0.3 is 18.9 Å². The minimum Gasteiger partial charge on any atom is -0.490 e. The SMILES string of the molecule is C=C1O[C@@H](C)C(OC)[C@H](OC(C)C)[C@H]1OC. The van der Waals surface area contributed by atoms with Crippen LogP contribution in [0.2, 0.25) is 0 Å². The normalized spacial score (nSPS) is 35.2. The maximum atomic E-state index is 5.85. The summed E-state index contributed by atoms with van der Waals surface area (Å²) in [6.45, 7) is 9.78. The summed E-state index contributed by atoms with van der Waals surface area (Å²) in [5, 5.41) is 0. The lowest BCUT2D eigenvalue weighted by Crippen LogP contribution is -2.54. The highest BCUT2D eigenvalue weighted by Gasteiger charge is 2.43. The molecule has 1 rings (SSSR count). The molecule has 1 fully saturated rings. The van der Waals surface area contributed by atoms with E-state index in [-0.39, 0.29) is 30.5 Å². The summed E-state index contributed by atoms with van der Waals surface area (Å²) in [6.07, 6.45) is -0.557. The summed E-state index contributed by atoms with van der Waals surface area (Å²) >= 11 is 0. The van der Waals surface area contributed by atoms with Crippen molar-refractivity contribution in [3.8, 4) is 0 Å². The molecular formula is C12H22O4. The third-order valence-electron chi connectivity index (χ3n) is 2.69. The van der Waals surface area contributed by atoms with Crippen molar-refractivity contribution in [3.63, 3.8) is 0 Å². The van der Waals surface area contributed by atoms with E-state index in [1.807, 2.05) is 20.8 Å². The molecule has 0 saturated carbocycles. The topological polar surface area (TPSA) is 36.9 Å². The summed E-state index contributed by atoms with van der Waals surface area (Å²) in [6, 6.07) is 0. The molecule has 0 radical (unpaired) electrons. The Labute approximate surface area is 97.5 Å². The molecule has 0 amide bonds. The predicted molar refractivity (Wildman–Crippen MR) is 61.3 cm³/mol. The van der Waals surface area contributed by atoms with Crippen LogP contribution in [0.5, 0.6) is 0 Å². The highest BCUT2D eigenvalue weighted by Crippen LogP contribution is 2.29. The first kappa shape index (κ1) is 13.5. The van der Waals surface area contributed by atoms with Crippen LogP contribution < -0.4 is 0 Å². The van der Waals surface area contributed by atoms with E-state index in [4.69, 9.17) is 18.9 Å².